The first kappa shape index (κ1) is 12.6. The molecule has 1 heterocycles. The van der Waals surface area contributed by atoms with Crippen LogP contribution in [0.1, 0.15) is 29.9 Å². The molecule has 0 amide bonds. The zero-order chi connectivity index (χ0) is 13.0. The fourth-order valence-corrected chi connectivity index (χ4v) is 1.77. The van der Waals surface area contributed by atoms with E-state index in [4.69, 9.17) is 0 Å². The molecule has 2 aromatic rings. The van der Waals surface area contributed by atoms with Gasteiger partial charge in [0.05, 0.1) is 6.04 Å². The summed E-state index contributed by atoms with van der Waals surface area (Å²) in [6, 6.07) is 6.32. The standard InChI is InChI=1S/C14H16FN3/c1-3-16-13(11-4-6-12(15)7-5-11)14-17-8-10(2)9-18-14/h4-9,13,16H,3H2,1-2H3. The number of nitrogens with one attached hydrogen (secondary N) is 1. The van der Waals surface area contributed by atoms with Crippen molar-refractivity contribution in [1.82, 2.24) is 15.3 Å². The molecule has 0 aliphatic carbocycles. The predicted octanol–water partition coefficient (Wildman–Crippen LogP) is 2.62. The largest absolute Gasteiger partial charge is 0.304 e. The van der Waals surface area contributed by atoms with Crippen LogP contribution in [0, 0.1) is 12.7 Å². The van der Waals surface area contributed by atoms with Crippen LogP contribution in [0.3, 0.4) is 0 Å². The SMILES string of the molecule is CCNC(c1ccc(F)cc1)c1ncc(C)cn1. The summed E-state index contributed by atoms with van der Waals surface area (Å²) < 4.78 is 12.9. The molecule has 1 unspecified atom stereocenters. The Kier molecular flexibility index (Phi) is 3.99. The van der Waals surface area contributed by atoms with Crippen LogP contribution in [0.15, 0.2) is 36.7 Å². The maximum atomic E-state index is 12.9. The van der Waals surface area contributed by atoms with Crippen LogP contribution >= 0.6 is 0 Å². The Bertz CT molecular complexity index is 448. The molecule has 1 N–H and O–H groups in total. The first-order chi connectivity index (χ1) is 8.70. The van der Waals surface area contributed by atoms with Gasteiger partial charge in [0.25, 0.3) is 0 Å². The van der Waals surface area contributed by atoms with E-state index >= 15 is 0 Å². The zero-order valence-electron chi connectivity index (χ0n) is 10.5. The van der Waals surface area contributed by atoms with Gasteiger partial charge < -0.3 is 5.32 Å². The van der Waals surface area contributed by atoms with Gasteiger partial charge in [0.2, 0.25) is 0 Å². The number of rotatable bonds is 4. The van der Waals surface area contributed by atoms with Crippen molar-refractivity contribution in [3.8, 4) is 0 Å². The molecule has 0 radical (unpaired) electrons. The van der Waals surface area contributed by atoms with Crippen LogP contribution < -0.4 is 5.32 Å². The molecular weight excluding hydrogens is 229 g/mol. The van der Waals surface area contributed by atoms with Crippen molar-refractivity contribution < 1.29 is 4.39 Å². The van der Waals surface area contributed by atoms with Crippen molar-refractivity contribution in [2.45, 2.75) is 19.9 Å². The zero-order valence-corrected chi connectivity index (χ0v) is 10.5. The van der Waals surface area contributed by atoms with Gasteiger partial charge in [0.1, 0.15) is 11.6 Å². The maximum absolute atomic E-state index is 12.9. The van der Waals surface area contributed by atoms with Gasteiger partial charge in [-0.15, -0.1) is 0 Å². The Morgan fingerprint density at radius 1 is 1.17 bits per heavy atom. The molecule has 2 rings (SSSR count). The highest BCUT2D eigenvalue weighted by Gasteiger charge is 2.15. The second kappa shape index (κ2) is 5.69. The number of hydrogen-bond acceptors (Lipinski definition) is 3. The Hall–Kier alpha value is -1.81. The molecule has 0 fully saturated rings. The minimum atomic E-state index is -0.237. The predicted molar refractivity (Wildman–Crippen MR) is 68.7 cm³/mol. The molecule has 0 bridgehead atoms. The van der Waals surface area contributed by atoms with E-state index in [0.717, 1.165) is 17.7 Å². The lowest BCUT2D eigenvalue weighted by molar-refractivity contribution is 0.591. The van der Waals surface area contributed by atoms with Gasteiger partial charge in [-0.3, -0.25) is 0 Å². The molecule has 1 aromatic carbocycles. The Morgan fingerprint density at radius 3 is 2.33 bits per heavy atom. The van der Waals surface area contributed by atoms with Gasteiger partial charge in [-0.25, -0.2) is 14.4 Å². The molecule has 4 heteroatoms. The summed E-state index contributed by atoms with van der Waals surface area (Å²) in [7, 11) is 0. The molecule has 0 saturated carbocycles. The molecule has 1 atom stereocenters. The second-order valence-electron chi connectivity index (χ2n) is 4.16. The number of aromatic nitrogens is 2. The Morgan fingerprint density at radius 2 is 1.78 bits per heavy atom. The van der Waals surface area contributed by atoms with Gasteiger partial charge in [0.15, 0.2) is 0 Å². The number of aryl methyl sites for hydroxylation is 1. The molecule has 0 spiro atoms. The van der Waals surface area contributed by atoms with E-state index in [9.17, 15) is 4.39 Å². The normalized spacial score (nSPS) is 12.4. The van der Waals surface area contributed by atoms with Crippen molar-refractivity contribution in [1.29, 1.82) is 0 Å². The molecule has 3 nitrogen and oxygen atoms in total. The van der Waals surface area contributed by atoms with Gasteiger partial charge in [-0.2, -0.15) is 0 Å². The number of nitrogens with zero attached hydrogens (tertiary/aromatic N) is 2. The fraction of sp³-hybridized carbons (Fsp3) is 0.286. The average Bonchev–Trinajstić information content (AvgIpc) is 2.39. The summed E-state index contributed by atoms with van der Waals surface area (Å²) in [6.07, 6.45) is 3.58. The third kappa shape index (κ3) is 2.90. The van der Waals surface area contributed by atoms with Gasteiger partial charge >= 0.3 is 0 Å². The van der Waals surface area contributed by atoms with Crippen LogP contribution in [0.5, 0.6) is 0 Å². The summed E-state index contributed by atoms with van der Waals surface area (Å²) in [4.78, 5) is 8.66. The van der Waals surface area contributed by atoms with Crippen LogP contribution in [-0.4, -0.2) is 16.5 Å². The first-order valence-corrected chi connectivity index (χ1v) is 5.98. The summed E-state index contributed by atoms with van der Waals surface area (Å²) in [5.41, 5.74) is 1.98. The van der Waals surface area contributed by atoms with Gasteiger partial charge in [0, 0.05) is 12.4 Å². The highest BCUT2D eigenvalue weighted by Crippen LogP contribution is 2.19. The smallest absolute Gasteiger partial charge is 0.149 e. The average molecular weight is 245 g/mol. The molecular formula is C14H16FN3. The van der Waals surface area contributed by atoms with E-state index in [2.05, 4.69) is 15.3 Å². The van der Waals surface area contributed by atoms with Gasteiger partial charge in [-0.1, -0.05) is 19.1 Å². The van der Waals surface area contributed by atoms with E-state index in [-0.39, 0.29) is 11.9 Å². The number of hydrogen-bond donors (Lipinski definition) is 1. The van der Waals surface area contributed by atoms with Crippen molar-refractivity contribution in [2.24, 2.45) is 0 Å². The van der Waals surface area contributed by atoms with Crippen molar-refractivity contribution in [3.05, 3.63) is 59.4 Å². The minimum absolute atomic E-state index is 0.101. The van der Waals surface area contributed by atoms with Crippen molar-refractivity contribution >= 4 is 0 Å². The van der Waals surface area contributed by atoms with Crippen molar-refractivity contribution in [3.63, 3.8) is 0 Å². The summed E-state index contributed by atoms with van der Waals surface area (Å²) in [5.74, 6) is 0.466. The molecule has 1 aromatic heterocycles. The van der Waals surface area contributed by atoms with Crippen LogP contribution in [-0.2, 0) is 0 Å². The van der Waals surface area contributed by atoms with Gasteiger partial charge in [-0.05, 0) is 36.7 Å². The van der Waals surface area contributed by atoms with E-state index in [0.29, 0.717) is 5.82 Å². The fourth-order valence-electron chi connectivity index (χ4n) is 1.77. The topological polar surface area (TPSA) is 37.8 Å². The molecule has 0 saturated heterocycles. The lowest BCUT2D eigenvalue weighted by atomic mass is 10.1. The summed E-state index contributed by atoms with van der Waals surface area (Å²) in [5, 5.41) is 3.31. The lowest BCUT2D eigenvalue weighted by Crippen LogP contribution is -2.24. The van der Waals surface area contributed by atoms with Crippen LogP contribution in [0.25, 0.3) is 0 Å². The summed E-state index contributed by atoms with van der Waals surface area (Å²) in [6.45, 7) is 4.76. The summed E-state index contributed by atoms with van der Waals surface area (Å²) >= 11 is 0. The minimum Gasteiger partial charge on any atom is -0.304 e. The quantitative estimate of drug-likeness (QED) is 0.899. The van der Waals surface area contributed by atoms with Crippen LogP contribution in [0.4, 0.5) is 4.39 Å². The van der Waals surface area contributed by atoms with E-state index in [1.54, 1.807) is 24.5 Å². The Balaban J connectivity index is 2.33. The van der Waals surface area contributed by atoms with E-state index in [1.165, 1.54) is 12.1 Å². The van der Waals surface area contributed by atoms with Crippen molar-refractivity contribution in [2.75, 3.05) is 6.54 Å². The molecule has 18 heavy (non-hydrogen) atoms. The highest BCUT2D eigenvalue weighted by atomic mass is 19.1. The van der Waals surface area contributed by atoms with Crippen LogP contribution in [0.2, 0.25) is 0 Å². The molecule has 94 valence electrons. The second-order valence-corrected chi connectivity index (χ2v) is 4.16. The van der Waals surface area contributed by atoms with E-state index in [1.807, 2.05) is 13.8 Å². The Labute approximate surface area is 106 Å². The van der Waals surface area contributed by atoms with E-state index < -0.39 is 0 Å². The molecule has 0 aliphatic heterocycles. The monoisotopic (exact) mass is 245 g/mol. The number of benzene rings is 1. The highest BCUT2D eigenvalue weighted by molar-refractivity contribution is 5.25. The third-order valence-corrected chi connectivity index (χ3v) is 2.67. The third-order valence-electron chi connectivity index (χ3n) is 2.67. The molecule has 0 aliphatic rings. The maximum Gasteiger partial charge on any atom is 0.149 e. The lowest BCUT2D eigenvalue weighted by Gasteiger charge is -2.16. The number of halogens is 1. The first-order valence-electron chi connectivity index (χ1n) is 5.98.